The van der Waals surface area contributed by atoms with E-state index in [-0.39, 0.29) is 5.41 Å². The van der Waals surface area contributed by atoms with Gasteiger partial charge in [-0.25, -0.2) is 0 Å². The first-order valence-corrected chi connectivity index (χ1v) is 8.01. The van der Waals surface area contributed by atoms with Crippen molar-refractivity contribution in [2.45, 2.75) is 77.6 Å². The Morgan fingerprint density at radius 2 is 1.67 bits per heavy atom. The Hall–Kier alpha value is -0.0800. The lowest BCUT2D eigenvalue weighted by Crippen LogP contribution is -2.35. The Bertz CT molecular complexity index is 186. The minimum absolute atomic E-state index is 0.0977. The molecule has 0 saturated carbocycles. The number of ether oxygens (including phenoxy) is 1. The van der Waals surface area contributed by atoms with Gasteiger partial charge in [-0.15, -0.1) is 0 Å². The summed E-state index contributed by atoms with van der Waals surface area (Å²) in [5.74, 6) is 0. The van der Waals surface area contributed by atoms with Gasteiger partial charge in [-0.2, -0.15) is 0 Å². The maximum absolute atomic E-state index is 9.56. The second kappa shape index (κ2) is 9.80. The fourth-order valence-corrected chi connectivity index (χ4v) is 2.94. The van der Waals surface area contributed by atoms with E-state index in [1.54, 1.807) is 0 Å². The molecule has 0 bridgehead atoms. The maximum atomic E-state index is 9.56. The summed E-state index contributed by atoms with van der Waals surface area (Å²) in [6.07, 6.45) is 14.3. The van der Waals surface area contributed by atoms with E-state index in [0.29, 0.717) is 6.61 Å². The average Bonchev–Trinajstić information content (AvgIpc) is 2.43. The van der Waals surface area contributed by atoms with E-state index in [2.05, 4.69) is 6.92 Å². The van der Waals surface area contributed by atoms with Crippen LogP contribution in [0.2, 0.25) is 0 Å². The van der Waals surface area contributed by atoms with Crippen LogP contribution in [0.1, 0.15) is 77.6 Å². The van der Waals surface area contributed by atoms with Crippen molar-refractivity contribution in [3.8, 4) is 0 Å². The monoisotopic (exact) mass is 256 g/mol. The Balaban J connectivity index is 1.98. The van der Waals surface area contributed by atoms with Crippen LogP contribution < -0.4 is 0 Å². The molecule has 0 amide bonds. The summed E-state index contributed by atoms with van der Waals surface area (Å²) in [6, 6.07) is 0. The normalized spacial score (nSPS) is 24.3. The van der Waals surface area contributed by atoms with Gasteiger partial charge in [0.25, 0.3) is 0 Å². The summed E-state index contributed by atoms with van der Waals surface area (Å²) in [5, 5.41) is 9.56. The quantitative estimate of drug-likeness (QED) is 0.590. The van der Waals surface area contributed by atoms with Crippen molar-refractivity contribution in [3.63, 3.8) is 0 Å². The van der Waals surface area contributed by atoms with E-state index < -0.39 is 0 Å². The molecule has 18 heavy (non-hydrogen) atoms. The topological polar surface area (TPSA) is 29.5 Å². The number of hydrogen-bond acceptors (Lipinski definition) is 2. The SMILES string of the molecule is CCCCCCCCCCC1(CO)CCCOC1. The molecule has 1 atom stereocenters. The first kappa shape index (κ1) is 16.0. The first-order valence-electron chi connectivity index (χ1n) is 8.01. The predicted octanol–water partition coefficient (Wildman–Crippen LogP) is 4.31. The van der Waals surface area contributed by atoms with Crippen LogP contribution in [0.3, 0.4) is 0 Å². The zero-order chi connectivity index (χ0) is 13.1. The molecule has 1 aliphatic rings. The van der Waals surface area contributed by atoms with E-state index in [4.69, 9.17) is 4.74 Å². The van der Waals surface area contributed by atoms with Crippen molar-refractivity contribution in [3.05, 3.63) is 0 Å². The van der Waals surface area contributed by atoms with Crippen LogP contribution in [-0.4, -0.2) is 24.9 Å². The number of rotatable bonds is 10. The highest BCUT2D eigenvalue weighted by Gasteiger charge is 2.31. The van der Waals surface area contributed by atoms with Gasteiger partial charge in [0, 0.05) is 12.0 Å². The molecule has 2 heteroatoms. The van der Waals surface area contributed by atoms with Crippen molar-refractivity contribution in [1.29, 1.82) is 0 Å². The number of aliphatic hydroxyl groups excluding tert-OH is 1. The largest absolute Gasteiger partial charge is 0.396 e. The van der Waals surface area contributed by atoms with E-state index in [1.807, 2.05) is 0 Å². The molecule has 108 valence electrons. The molecule has 1 unspecified atom stereocenters. The molecular formula is C16H32O2. The third-order valence-corrected chi connectivity index (χ3v) is 4.30. The standard InChI is InChI=1S/C16H32O2/c1-2-3-4-5-6-7-8-9-11-16(14-17)12-10-13-18-15-16/h17H,2-15H2,1H3. The third kappa shape index (κ3) is 6.19. The third-order valence-electron chi connectivity index (χ3n) is 4.30. The fourth-order valence-electron chi connectivity index (χ4n) is 2.94. The van der Waals surface area contributed by atoms with Crippen LogP contribution in [0.15, 0.2) is 0 Å². The summed E-state index contributed by atoms with van der Waals surface area (Å²) in [7, 11) is 0. The van der Waals surface area contributed by atoms with Gasteiger partial charge >= 0.3 is 0 Å². The molecule has 1 rings (SSSR count). The van der Waals surface area contributed by atoms with Gasteiger partial charge < -0.3 is 9.84 Å². The van der Waals surface area contributed by atoms with Gasteiger partial charge in [0.05, 0.1) is 13.2 Å². The van der Waals surface area contributed by atoms with Crippen LogP contribution in [0.5, 0.6) is 0 Å². The van der Waals surface area contributed by atoms with Crippen LogP contribution >= 0.6 is 0 Å². The molecule has 1 N–H and O–H groups in total. The molecule has 1 aliphatic heterocycles. The Morgan fingerprint density at radius 1 is 1.00 bits per heavy atom. The molecule has 2 nitrogen and oxygen atoms in total. The van der Waals surface area contributed by atoms with E-state index in [0.717, 1.165) is 32.5 Å². The molecule has 0 aromatic rings. The molecular weight excluding hydrogens is 224 g/mol. The minimum Gasteiger partial charge on any atom is -0.396 e. The number of hydrogen-bond donors (Lipinski definition) is 1. The molecule has 0 radical (unpaired) electrons. The second-order valence-electron chi connectivity index (χ2n) is 6.04. The first-order chi connectivity index (χ1) is 8.83. The summed E-state index contributed by atoms with van der Waals surface area (Å²) in [5.41, 5.74) is 0.0977. The van der Waals surface area contributed by atoms with Gasteiger partial charge in [-0.3, -0.25) is 0 Å². The van der Waals surface area contributed by atoms with Gasteiger partial charge in [-0.05, 0) is 19.3 Å². The molecule has 0 aliphatic carbocycles. The van der Waals surface area contributed by atoms with Gasteiger partial charge in [0.1, 0.15) is 0 Å². The smallest absolute Gasteiger partial charge is 0.0544 e. The van der Waals surface area contributed by atoms with Gasteiger partial charge in [0.15, 0.2) is 0 Å². The molecule has 1 fully saturated rings. The van der Waals surface area contributed by atoms with Crippen molar-refractivity contribution in [2.24, 2.45) is 5.41 Å². The molecule has 1 heterocycles. The summed E-state index contributed by atoms with van der Waals surface area (Å²) < 4.78 is 5.54. The summed E-state index contributed by atoms with van der Waals surface area (Å²) >= 11 is 0. The zero-order valence-corrected chi connectivity index (χ0v) is 12.3. The van der Waals surface area contributed by atoms with Crippen LogP contribution in [-0.2, 0) is 4.74 Å². The number of aliphatic hydroxyl groups is 1. The molecule has 0 aromatic carbocycles. The highest BCUT2D eigenvalue weighted by molar-refractivity contribution is 4.81. The summed E-state index contributed by atoms with van der Waals surface area (Å²) in [6.45, 7) is 4.24. The predicted molar refractivity (Wildman–Crippen MR) is 76.8 cm³/mol. The van der Waals surface area contributed by atoms with Crippen molar-refractivity contribution < 1.29 is 9.84 Å². The second-order valence-corrected chi connectivity index (χ2v) is 6.04. The highest BCUT2D eigenvalue weighted by Crippen LogP contribution is 2.33. The Kier molecular flexibility index (Phi) is 8.70. The number of unbranched alkanes of at least 4 members (excludes halogenated alkanes) is 7. The van der Waals surface area contributed by atoms with Crippen molar-refractivity contribution >= 4 is 0 Å². The maximum Gasteiger partial charge on any atom is 0.0544 e. The average molecular weight is 256 g/mol. The fraction of sp³-hybridized carbons (Fsp3) is 1.00. The van der Waals surface area contributed by atoms with Crippen LogP contribution in [0.4, 0.5) is 0 Å². The Morgan fingerprint density at radius 3 is 2.22 bits per heavy atom. The lowest BCUT2D eigenvalue weighted by Gasteiger charge is -2.35. The minimum atomic E-state index is 0.0977. The van der Waals surface area contributed by atoms with Gasteiger partial charge in [-0.1, -0.05) is 58.3 Å². The van der Waals surface area contributed by atoms with E-state index in [9.17, 15) is 5.11 Å². The van der Waals surface area contributed by atoms with Crippen LogP contribution in [0, 0.1) is 5.41 Å². The lowest BCUT2D eigenvalue weighted by atomic mass is 9.79. The van der Waals surface area contributed by atoms with E-state index in [1.165, 1.54) is 51.4 Å². The van der Waals surface area contributed by atoms with Crippen LogP contribution in [0.25, 0.3) is 0 Å². The summed E-state index contributed by atoms with van der Waals surface area (Å²) in [4.78, 5) is 0. The zero-order valence-electron chi connectivity index (χ0n) is 12.3. The van der Waals surface area contributed by atoms with Crippen molar-refractivity contribution in [1.82, 2.24) is 0 Å². The van der Waals surface area contributed by atoms with Crippen molar-refractivity contribution in [2.75, 3.05) is 19.8 Å². The molecule has 1 saturated heterocycles. The Labute approximate surface area is 113 Å². The molecule has 0 aromatic heterocycles. The molecule has 0 spiro atoms. The highest BCUT2D eigenvalue weighted by atomic mass is 16.5. The van der Waals surface area contributed by atoms with Gasteiger partial charge in [0.2, 0.25) is 0 Å². The van der Waals surface area contributed by atoms with E-state index >= 15 is 0 Å². The lowest BCUT2D eigenvalue weighted by molar-refractivity contribution is -0.0440.